The van der Waals surface area contributed by atoms with Crippen LogP contribution in [0.4, 0.5) is 31.7 Å². The predicted molar refractivity (Wildman–Crippen MR) is 320 cm³/mol. The summed E-state index contributed by atoms with van der Waals surface area (Å²) in [5, 5.41) is 10.8. The van der Waals surface area contributed by atoms with E-state index >= 15 is 8.78 Å². The number of esters is 1. The maximum atomic E-state index is 15.2. The summed E-state index contributed by atoms with van der Waals surface area (Å²) in [6, 6.07) is 27.4. The third-order valence-electron chi connectivity index (χ3n) is 17.8. The summed E-state index contributed by atoms with van der Waals surface area (Å²) in [4.78, 5) is 55.0. The van der Waals surface area contributed by atoms with E-state index in [1.807, 2.05) is 41.3 Å². The molecule has 4 saturated heterocycles. The van der Waals surface area contributed by atoms with E-state index in [0.29, 0.717) is 146 Å². The van der Waals surface area contributed by atoms with E-state index < -0.39 is 41.9 Å². The molecule has 14 rings (SSSR count). The molecule has 20 nitrogen and oxygen atoms in total. The number of ether oxygens (including phenoxy) is 7. The Bertz CT molecular complexity index is 3780. The number of nitrogens with zero attached hydrogens (tertiary/aromatic N) is 10. The molecule has 7 aliphatic heterocycles. The summed E-state index contributed by atoms with van der Waals surface area (Å²) in [5.41, 5.74) is 4.23. The molecule has 10 heterocycles. The predicted octanol–water partition coefficient (Wildman–Crippen LogP) is 9.40. The van der Waals surface area contributed by atoms with Crippen molar-refractivity contribution in [2.75, 3.05) is 105 Å². The van der Waals surface area contributed by atoms with Gasteiger partial charge in [-0.05, 0) is 99.5 Å². The van der Waals surface area contributed by atoms with Gasteiger partial charge in [-0.3, -0.25) is 9.80 Å². The van der Waals surface area contributed by atoms with Gasteiger partial charge in [-0.15, -0.1) is 0 Å². The Kier molecular flexibility index (Phi) is 15.6. The van der Waals surface area contributed by atoms with Gasteiger partial charge in [0.15, 0.2) is 64.8 Å². The Hall–Kier alpha value is -7.73. The number of carbonyl (C=O) groups excluding carboxylic acids is 1. The fourth-order valence-electron chi connectivity index (χ4n) is 12.8. The van der Waals surface area contributed by atoms with Crippen LogP contribution in [0.5, 0.6) is 23.0 Å². The number of aromatic carboxylic acids is 1. The minimum atomic E-state index is -1.16. The van der Waals surface area contributed by atoms with Crippen LogP contribution in [0.2, 0.25) is 10.0 Å². The number of anilines is 4. The van der Waals surface area contributed by atoms with Crippen LogP contribution in [-0.4, -0.2) is 162 Å². The van der Waals surface area contributed by atoms with Crippen molar-refractivity contribution in [3.05, 3.63) is 147 Å². The van der Waals surface area contributed by atoms with Gasteiger partial charge in [-0.25, -0.2) is 33.3 Å². The van der Waals surface area contributed by atoms with Gasteiger partial charge in [0.05, 0.1) is 42.4 Å². The number of hydrogen-bond acceptors (Lipinski definition) is 18. The lowest BCUT2D eigenvalue weighted by atomic mass is 10.1. The van der Waals surface area contributed by atoms with Crippen LogP contribution in [0, 0.1) is 11.6 Å². The Labute approximate surface area is 510 Å². The third-order valence-corrected chi connectivity index (χ3v) is 18.2. The van der Waals surface area contributed by atoms with E-state index in [0.717, 1.165) is 30.0 Å². The molecule has 4 fully saturated rings. The highest BCUT2D eigenvalue weighted by Crippen LogP contribution is 2.47. The Morgan fingerprint density at radius 1 is 0.655 bits per heavy atom. The first-order chi connectivity index (χ1) is 42.3. The number of pyridine rings is 2. The molecule has 0 saturated carbocycles. The number of piperazine rings is 2. The molecule has 7 aliphatic rings. The summed E-state index contributed by atoms with van der Waals surface area (Å²) in [5.74, 6) is 0.845. The van der Waals surface area contributed by atoms with Crippen LogP contribution >= 0.6 is 23.2 Å². The standard InChI is InChI=1S/C63H64Cl2F2N10O10/c1-36-27-73(49-5-3-7-52-58(49)86-54(33-83-52)42-11-9-38(64)25-44(42)66)21-19-71(36)31-56-68-46-13-14-48(70-60(46)75(56)29-40-17-23-81-40)63(80)85-35-77-51-16-15-47(62(78)79)69-61(51)76(30-41-18-24-82-41)57(77)32-72-20-22-74(28-37(72)2)50-6-4-8-53-59(50)87-55(34-84-53)43-12-10-39(65)26-45(43)67/h3-16,25-26,36-37,40-41,54-55,57H,17-24,27-35H2,1-2H3,(H,78,79)/t36-,37-,40-,41-,54?,55-,57?/m0/s1. The minimum Gasteiger partial charge on any atom is -0.485 e. The highest BCUT2D eigenvalue weighted by Gasteiger charge is 2.43. The molecule has 4 aromatic carbocycles. The quantitative estimate of drug-likeness (QED) is 0.0903. The maximum absolute atomic E-state index is 15.2. The van der Waals surface area contributed by atoms with Gasteiger partial charge in [0.25, 0.3) is 0 Å². The molecule has 0 spiro atoms. The highest BCUT2D eigenvalue weighted by molar-refractivity contribution is 6.30. The van der Waals surface area contributed by atoms with E-state index in [2.05, 4.69) is 42.9 Å². The van der Waals surface area contributed by atoms with Crippen molar-refractivity contribution in [1.82, 2.24) is 29.3 Å². The molecule has 24 heteroatoms. The second kappa shape index (κ2) is 23.8. The van der Waals surface area contributed by atoms with Gasteiger partial charge >= 0.3 is 11.9 Å². The monoisotopic (exact) mass is 1230 g/mol. The average molecular weight is 1230 g/mol. The largest absolute Gasteiger partial charge is 0.485 e. The van der Waals surface area contributed by atoms with Crippen LogP contribution in [-0.2, 0) is 27.3 Å². The zero-order valence-corrected chi connectivity index (χ0v) is 49.4. The number of hydrogen-bond donors (Lipinski definition) is 1. The first-order valence-corrected chi connectivity index (χ1v) is 30.3. The average Bonchev–Trinajstić information content (AvgIpc) is 1.81. The first kappa shape index (κ1) is 57.0. The van der Waals surface area contributed by atoms with Crippen LogP contribution < -0.4 is 38.5 Å². The second-order valence-electron chi connectivity index (χ2n) is 23.2. The molecule has 0 radical (unpaired) electrons. The molecule has 0 bridgehead atoms. The van der Waals surface area contributed by atoms with E-state index in [-0.39, 0.29) is 55.6 Å². The van der Waals surface area contributed by atoms with Crippen LogP contribution in [0.3, 0.4) is 0 Å². The van der Waals surface area contributed by atoms with Crippen LogP contribution in [0.25, 0.3) is 11.2 Å². The number of imidazole rings is 1. The molecule has 0 amide bonds. The van der Waals surface area contributed by atoms with Crippen molar-refractivity contribution in [3.63, 3.8) is 0 Å². The Balaban J connectivity index is 0.683. The smallest absolute Gasteiger partial charge is 0.358 e. The molecule has 0 aliphatic carbocycles. The maximum Gasteiger partial charge on any atom is 0.358 e. The minimum absolute atomic E-state index is 0.0144. The van der Waals surface area contributed by atoms with Crippen LogP contribution in [0.15, 0.2) is 97.1 Å². The molecular formula is C63H64Cl2F2N10O10. The molecule has 7 aromatic rings. The van der Waals surface area contributed by atoms with Gasteiger partial charge in [-0.2, -0.15) is 0 Å². The normalized spacial score (nSPS) is 23.5. The van der Waals surface area contributed by atoms with Gasteiger partial charge in [-0.1, -0.05) is 47.5 Å². The number of carboxylic acid groups (broad SMARTS) is 1. The van der Waals surface area contributed by atoms with Crippen molar-refractivity contribution in [1.29, 1.82) is 0 Å². The Morgan fingerprint density at radius 3 is 1.80 bits per heavy atom. The number of halogens is 4. The number of aromatic nitrogens is 4. The van der Waals surface area contributed by atoms with Gasteiger partial charge in [0.2, 0.25) is 0 Å². The molecule has 87 heavy (non-hydrogen) atoms. The summed E-state index contributed by atoms with van der Waals surface area (Å²) in [7, 11) is 0. The number of para-hydroxylation sites is 2. The lowest BCUT2D eigenvalue weighted by Gasteiger charge is -2.45. The molecule has 1 N–H and O–H groups in total. The van der Waals surface area contributed by atoms with Gasteiger partial charge in [0.1, 0.15) is 42.4 Å². The van der Waals surface area contributed by atoms with E-state index in [1.165, 1.54) is 18.2 Å². The molecule has 2 unspecified atom stereocenters. The van der Waals surface area contributed by atoms with E-state index in [4.69, 9.17) is 71.3 Å². The van der Waals surface area contributed by atoms with Gasteiger partial charge < -0.3 is 62.4 Å². The number of carbonyl (C=O) groups is 2. The fourth-order valence-corrected chi connectivity index (χ4v) is 13.1. The summed E-state index contributed by atoms with van der Waals surface area (Å²) < 4.78 is 75.8. The summed E-state index contributed by atoms with van der Waals surface area (Å²) in [6.07, 6.45) is -0.223. The number of benzene rings is 4. The van der Waals surface area contributed by atoms with Crippen molar-refractivity contribution in [2.24, 2.45) is 0 Å². The molecule has 7 atom stereocenters. The van der Waals surface area contributed by atoms with Gasteiger partial charge in [0, 0.05) is 98.8 Å². The second-order valence-corrected chi connectivity index (χ2v) is 24.1. The third kappa shape index (κ3) is 11.2. The number of carboxylic acids is 1. The molecular weight excluding hydrogens is 1170 g/mol. The summed E-state index contributed by atoms with van der Waals surface area (Å²) in [6.45, 7) is 11.5. The number of fused-ring (bicyclic) bond motifs is 4. The highest BCUT2D eigenvalue weighted by atomic mass is 35.5. The zero-order valence-electron chi connectivity index (χ0n) is 47.9. The first-order valence-electron chi connectivity index (χ1n) is 29.5. The van der Waals surface area contributed by atoms with E-state index in [9.17, 15) is 14.7 Å². The van der Waals surface area contributed by atoms with Crippen molar-refractivity contribution in [2.45, 2.75) is 82.4 Å². The Morgan fingerprint density at radius 2 is 1.24 bits per heavy atom. The SMILES string of the molecule is C[C@H]1CN(c2cccc3c2OC(c2ccc(Cl)cc2F)CO3)CCN1Cc1nc2ccc(C(=O)OCN3c4ccc(C(=O)O)nc4N(C[C@@H]4CCO4)C3CN3CCN(c4cccc5c4O[C@H](c4ccc(Cl)cc4F)CO5)C[C@@H]3C)nc2n1C[C@@H]1CCO1. The van der Waals surface area contributed by atoms with Crippen LogP contribution in [0.1, 0.15) is 76.8 Å². The van der Waals surface area contributed by atoms with Crippen molar-refractivity contribution >= 4 is 69.2 Å². The lowest BCUT2D eigenvalue weighted by Crippen LogP contribution is -2.59. The fraction of sp³-hybridized carbons (Fsp3) is 0.413. The zero-order chi connectivity index (χ0) is 59.6. The lowest BCUT2D eigenvalue weighted by molar-refractivity contribution is -0.0593. The van der Waals surface area contributed by atoms with E-state index in [1.54, 1.807) is 42.5 Å². The summed E-state index contributed by atoms with van der Waals surface area (Å²) >= 11 is 12.2. The number of rotatable bonds is 16. The van der Waals surface area contributed by atoms with Crippen molar-refractivity contribution < 1.29 is 56.6 Å². The topological polar surface area (TPSA) is 182 Å². The molecule has 454 valence electrons. The molecule has 3 aromatic heterocycles. The van der Waals surface area contributed by atoms with Crippen molar-refractivity contribution in [3.8, 4) is 23.0 Å².